The minimum Gasteiger partial charge on any atom is -0.455 e. The zero-order valence-electron chi connectivity index (χ0n) is 32.0. The van der Waals surface area contributed by atoms with Crippen molar-refractivity contribution >= 4 is 65.6 Å². The zero-order chi connectivity index (χ0) is 39.0. The second-order valence-corrected chi connectivity index (χ2v) is 15.1. The first-order chi connectivity index (χ1) is 29.2. The number of fused-ring (bicyclic) bond motifs is 10. The third-order valence-corrected chi connectivity index (χ3v) is 11.7. The summed E-state index contributed by atoms with van der Waals surface area (Å²) in [4.78, 5) is 15.9. The maximum absolute atomic E-state index is 6.83. The molecule has 0 spiro atoms. The van der Waals surface area contributed by atoms with Gasteiger partial charge in [0.15, 0.2) is 5.82 Å². The van der Waals surface area contributed by atoms with Crippen molar-refractivity contribution in [1.82, 2.24) is 15.0 Å². The summed E-state index contributed by atoms with van der Waals surface area (Å²) < 4.78 is 13.4. The average Bonchev–Trinajstić information content (AvgIpc) is 3.88. The largest absolute Gasteiger partial charge is 0.455 e. The second-order valence-electron chi connectivity index (χ2n) is 15.1. The Labute approximate surface area is 338 Å². The van der Waals surface area contributed by atoms with Crippen LogP contribution in [0.5, 0.6) is 0 Å². The molecule has 0 atom stereocenters. The molecular formula is C54H33N3O2. The first-order valence-corrected chi connectivity index (χ1v) is 19.8. The number of nitrogens with zero attached hydrogens (tertiary/aromatic N) is 3. The summed E-state index contributed by atoms with van der Waals surface area (Å²) >= 11 is 0. The lowest BCUT2D eigenvalue weighted by Gasteiger charge is -2.15. The maximum atomic E-state index is 6.83. The van der Waals surface area contributed by atoms with Gasteiger partial charge < -0.3 is 8.83 Å². The van der Waals surface area contributed by atoms with Crippen molar-refractivity contribution in [2.24, 2.45) is 0 Å². The molecular weight excluding hydrogens is 723 g/mol. The van der Waals surface area contributed by atoms with E-state index >= 15 is 0 Å². The molecule has 0 N–H and O–H groups in total. The molecule has 0 aliphatic rings. The molecule has 276 valence electrons. The quantitative estimate of drug-likeness (QED) is 0.164. The van der Waals surface area contributed by atoms with E-state index in [1.807, 2.05) is 36.4 Å². The van der Waals surface area contributed by atoms with Gasteiger partial charge >= 0.3 is 0 Å². The van der Waals surface area contributed by atoms with Gasteiger partial charge in [-0.1, -0.05) is 133 Å². The van der Waals surface area contributed by atoms with Crippen LogP contribution in [0.1, 0.15) is 5.56 Å². The minimum atomic E-state index is 0.603. The van der Waals surface area contributed by atoms with Gasteiger partial charge in [-0.05, 0) is 66.6 Å². The Hall–Kier alpha value is -7.89. The maximum Gasteiger partial charge on any atom is 0.164 e. The van der Waals surface area contributed by atoms with Crippen molar-refractivity contribution in [2.45, 2.75) is 6.92 Å². The summed E-state index contributed by atoms with van der Waals surface area (Å²) in [6.07, 6.45) is 0. The van der Waals surface area contributed by atoms with E-state index in [2.05, 4.69) is 153 Å². The molecule has 0 saturated carbocycles. The molecule has 5 nitrogen and oxygen atoms in total. The van der Waals surface area contributed by atoms with Crippen molar-refractivity contribution in [2.75, 3.05) is 0 Å². The number of para-hydroxylation sites is 3. The predicted octanol–water partition coefficient (Wildman–Crippen LogP) is 14.6. The van der Waals surface area contributed by atoms with E-state index in [4.69, 9.17) is 23.8 Å². The molecule has 4 heterocycles. The van der Waals surface area contributed by atoms with Crippen LogP contribution in [0.4, 0.5) is 0 Å². The first-order valence-electron chi connectivity index (χ1n) is 19.8. The molecule has 0 amide bonds. The Balaban J connectivity index is 1.10. The van der Waals surface area contributed by atoms with Gasteiger partial charge in [-0.25, -0.2) is 15.0 Å². The molecule has 0 fully saturated rings. The Bertz CT molecular complexity index is 3620. The summed E-state index contributed by atoms with van der Waals surface area (Å²) in [6.45, 7) is 2.13. The molecule has 8 aromatic carbocycles. The number of hydrogen-bond acceptors (Lipinski definition) is 5. The molecule has 0 unspecified atom stereocenters. The molecule has 5 heteroatoms. The van der Waals surface area contributed by atoms with E-state index in [1.165, 1.54) is 0 Å². The molecule has 0 aliphatic carbocycles. The molecule has 4 aromatic heterocycles. The highest BCUT2D eigenvalue weighted by Gasteiger charge is 2.22. The number of aromatic nitrogens is 3. The van der Waals surface area contributed by atoms with Crippen molar-refractivity contribution in [3.8, 4) is 56.3 Å². The fourth-order valence-corrected chi connectivity index (χ4v) is 8.83. The van der Waals surface area contributed by atoms with E-state index in [1.54, 1.807) is 0 Å². The van der Waals surface area contributed by atoms with Gasteiger partial charge in [0, 0.05) is 60.0 Å². The van der Waals surface area contributed by atoms with Gasteiger partial charge in [-0.2, -0.15) is 0 Å². The van der Waals surface area contributed by atoms with Crippen molar-refractivity contribution in [3.05, 3.63) is 188 Å². The molecule has 12 rings (SSSR count). The Morgan fingerprint density at radius 2 is 0.949 bits per heavy atom. The highest BCUT2D eigenvalue weighted by atomic mass is 16.3. The summed E-state index contributed by atoms with van der Waals surface area (Å²) in [7, 11) is 0. The lowest BCUT2D eigenvalue weighted by Crippen LogP contribution is -2.00. The lowest BCUT2D eigenvalue weighted by molar-refractivity contribution is 0.669. The Morgan fingerprint density at radius 3 is 1.78 bits per heavy atom. The Morgan fingerprint density at radius 1 is 0.356 bits per heavy atom. The third kappa shape index (κ3) is 5.29. The number of hydrogen-bond donors (Lipinski definition) is 0. The lowest BCUT2D eigenvalue weighted by atomic mass is 9.96. The van der Waals surface area contributed by atoms with Gasteiger partial charge in [0.2, 0.25) is 0 Å². The standard InChI is InChI=1S/C54H33N3O2/c1-32-49(36-19-12-18-35(30-36)33-14-4-2-5-15-33)56-54(43-23-13-22-39-38-20-9-11-25-46(38)58-52(39)43)57-50(32)37-26-29-47-44(31-37)40-27-28-42-48(53(40)59-47)41-21-8-10-24-45(41)55-51(42)34-16-6-3-7-17-34/h2-31H,1H3. The minimum absolute atomic E-state index is 0.603. The molecule has 0 bridgehead atoms. The van der Waals surface area contributed by atoms with Crippen molar-refractivity contribution in [1.29, 1.82) is 0 Å². The summed E-state index contributed by atoms with van der Waals surface area (Å²) in [5.74, 6) is 0.603. The normalized spacial score (nSPS) is 11.8. The van der Waals surface area contributed by atoms with Crippen LogP contribution in [-0.4, -0.2) is 15.0 Å². The van der Waals surface area contributed by atoms with Gasteiger partial charge in [0.1, 0.15) is 22.3 Å². The molecule has 0 saturated heterocycles. The van der Waals surface area contributed by atoms with Crippen LogP contribution < -0.4 is 0 Å². The van der Waals surface area contributed by atoms with E-state index < -0.39 is 0 Å². The number of benzene rings is 8. The smallest absolute Gasteiger partial charge is 0.164 e. The van der Waals surface area contributed by atoms with Crippen LogP contribution in [-0.2, 0) is 0 Å². The predicted molar refractivity (Wildman–Crippen MR) is 241 cm³/mol. The highest BCUT2D eigenvalue weighted by Crippen LogP contribution is 2.43. The van der Waals surface area contributed by atoms with E-state index in [9.17, 15) is 0 Å². The number of rotatable bonds is 5. The number of pyridine rings is 1. The molecule has 0 aliphatic heterocycles. The fraction of sp³-hybridized carbons (Fsp3) is 0.0185. The molecule has 12 aromatic rings. The summed E-state index contributed by atoms with van der Waals surface area (Å²) in [5.41, 5.74) is 14.0. The first kappa shape index (κ1) is 33.3. The van der Waals surface area contributed by atoms with Crippen molar-refractivity contribution < 1.29 is 8.83 Å². The SMILES string of the molecule is Cc1c(-c2cccc(-c3ccccc3)c2)nc(-c2cccc3c2oc2ccccc23)nc1-c1ccc2oc3c(ccc4c(-c5ccccc5)nc5ccccc5c43)c2c1. The Kier molecular flexibility index (Phi) is 7.38. The van der Waals surface area contributed by atoms with Crippen LogP contribution in [0, 0.1) is 6.92 Å². The number of furan rings is 2. The monoisotopic (exact) mass is 755 g/mol. The van der Waals surface area contributed by atoms with Crippen LogP contribution in [0.25, 0.3) is 122 Å². The summed E-state index contributed by atoms with van der Waals surface area (Å²) in [5, 5.41) is 7.34. The van der Waals surface area contributed by atoms with Gasteiger partial charge in [0.05, 0.1) is 28.2 Å². The van der Waals surface area contributed by atoms with Crippen LogP contribution in [0.15, 0.2) is 191 Å². The van der Waals surface area contributed by atoms with Gasteiger partial charge in [0.25, 0.3) is 0 Å². The van der Waals surface area contributed by atoms with Crippen LogP contribution in [0.2, 0.25) is 0 Å². The highest BCUT2D eigenvalue weighted by molar-refractivity contribution is 6.25. The molecule has 59 heavy (non-hydrogen) atoms. The van der Waals surface area contributed by atoms with Gasteiger partial charge in [-0.15, -0.1) is 0 Å². The van der Waals surface area contributed by atoms with E-state index in [0.717, 1.165) is 122 Å². The topological polar surface area (TPSA) is 65.0 Å². The average molecular weight is 756 g/mol. The second kappa shape index (κ2) is 13.1. The van der Waals surface area contributed by atoms with Gasteiger partial charge in [-0.3, -0.25) is 0 Å². The van der Waals surface area contributed by atoms with Crippen molar-refractivity contribution in [3.63, 3.8) is 0 Å². The fourth-order valence-electron chi connectivity index (χ4n) is 8.83. The zero-order valence-corrected chi connectivity index (χ0v) is 32.0. The molecule has 0 radical (unpaired) electrons. The van der Waals surface area contributed by atoms with E-state index in [0.29, 0.717) is 5.82 Å². The van der Waals surface area contributed by atoms with Crippen LogP contribution >= 0.6 is 0 Å². The third-order valence-electron chi connectivity index (χ3n) is 11.7. The van der Waals surface area contributed by atoms with Crippen LogP contribution in [0.3, 0.4) is 0 Å². The van der Waals surface area contributed by atoms with E-state index in [-0.39, 0.29) is 0 Å². The summed E-state index contributed by atoms with van der Waals surface area (Å²) in [6, 6.07) is 63.0.